The summed E-state index contributed by atoms with van der Waals surface area (Å²) in [5.41, 5.74) is 8.41. The highest BCUT2D eigenvalue weighted by Gasteiger charge is 2.31. The third-order valence-corrected chi connectivity index (χ3v) is 5.90. The molecule has 35 heavy (non-hydrogen) atoms. The Hall–Kier alpha value is -4.46. The quantitative estimate of drug-likeness (QED) is 0.343. The molecule has 178 valence electrons. The Morgan fingerprint density at radius 1 is 1.00 bits per heavy atom. The lowest BCUT2D eigenvalue weighted by Crippen LogP contribution is -2.28. The number of carboxylic acid groups (broad SMARTS) is 1. The topological polar surface area (TPSA) is 115 Å². The molecule has 3 N–H and O–H groups in total. The predicted octanol–water partition coefficient (Wildman–Crippen LogP) is 4.68. The van der Waals surface area contributed by atoms with Gasteiger partial charge in [0.1, 0.15) is 5.75 Å². The summed E-state index contributed by atoms with van der Waals surface area (Å²) in [5, 5.41) is 29.6. The van der Waals surface area contributed by atoms with Crippen molar-refractivity contribution < 1.29 is 19.8 Å². The Morgan fingerprint density at radius 3 is 2.51 bits per heavy atom. The molecule has 0 aliphatic carbocycles. The standard InChI is InChI=1S/C27H26N4O4/c1-16-10-11-17(2)20(14-16)13-12-19-6-5-9-23(25(19)32)28-29-24-18(3)30-31(26(24)33)22-8-4-7-21(15-22)27(34)35/h4-11,14-15,28,32H,12-13H2,1-3H3,(H,34,35)/b29-24-. The van der Waals surface area contributed by atoms with E-state index in [1.165, 1.54) is 28.8 Å². The van der Waals surface area contributed by atoms with Crippen molar-refractivity contribution in [3.8, 4) is 5.75 Å². The normalized spacial score (nSPS) is 14.4. The highest BCUT2D eigenvalue weighted by Crippen LogP contribution is 2.29. The SMILES string of the molecule is CC1=NN(c2cccc(C(=O)O)c2)C(=O)/C1=N\Nc1cccc(CCc2cc(C)ccc2C)c1O. The molecular formula is C27H26N4O4. The van der Waals surface area contributed by atoms with Crippen LogP contribution in [-0.4, -0.2) is 33.5 Å². The Labute approximate surface area is 203 Å². The summed E-state index contributed by atoms with van der Waals surface area (Å²) in [4.78, 5) is 24.2. The second-order valence-corrected chi connectivity index (χ2v) is 8.47. The number of phenols is 1. The number of rotatable bonds is 7. The minimum atomic E-state index is -1.09. The monoisotopic (exact) mass is 470 g/mol. The maximum atomic E-state index is 12.9. The zero-order valence-electron chi connectivity index (χ0n) is 19.7. The van der Waals surface area contributed by atoms with E-state index in [1.807, 2.05) is 12.1 Å². The number of carbonyl (C=O) groups excluding carboxylic acids is 1. The molecule has 0 saturated carbocycles. The van der Waals surface area contributed by atoms with Crippen LogP contribution in [0.15, 0.2) is 70.9 Å². The fourth-order valence-corrected chi connectivity index (χ4v) is 3.91. The van der Waals surface area contributed by atoms with Gasteiger partial charge in [-0.1, -0.05) is 42.0 Å². The van der Waals surface area contributed by atoms with Crippen molar-refractivity contribution in [2.45, 2.75) is 33.6 Å². The third kappa shape index (κ3) is 5.06. The molecule has 0 spiro atoms. The molecule has 0 aromatic heterocycles. The van der Waals surface area contributed by atoms with Gasteiger partial charge in [0.25, 0.3) is 0 Å². The van der Waals surface area contributed by atoms with Crippen molar-refractivity contribution in [1.82, 2.24) is 0 Å². The summed E-state index contributed by atoms with van der Waals surface area (Å²) < 4.78 is 0. The number of para-hydroxylation sites is 1. The van der Waals surface area contributed by atoms with Crippen molar-refractivity contribution in [3.63, 3.8) is 0 Å². The molecule has 0 atom stereocenters. The van der Waals surface area contributed by atoms with Crippen molar-refractivity contribution in [2.24, 2.45) is 10.2 Å². The van der Waals surface area contributed by atoms with Crippen LogP contribution in [0.5, 0.6) is 5.75 Å². The molecule has 0 radical (unpaired) electrons. The number of hydrogen-bond donors (Lipinski definition) is 3. The number of nitrogens with one attached hydrogen (secondary N) is 1. The number of anilines is 2. The van der Waals surface area contributed by atoms with Crippen LogP contribution in [-0.2, 0) is 17.6 Å². The average Bonchev–Trinajstić information content (AvgIpc) is 3.12. The Balaban J connectivity index is 1.50. The van der Waals surface area contributed by atoms with Gasteiger partial charge in [-0.25, -0.2) is 4.79 Å². The number of nitrogens with zero attached hydrogens (tertiary/aromatic N) is 3. The zero-order chi connectivity index (χ0) is 25.1. The molecule has 3 aromatic carbocycles. The van der Waals surface area contributed by atoms with E-state index in [-0.39, 0.29) is 17.0 Å². The molecular weight excluding hydrogens is 444 g/mol. The van der Waals surface area contributed by atoms with Crippen LogP contribution in [0.1, 0.15) is 39.5 Å². The first-order valence-electron chi connectivity index (χ1n) is 11.2. The van der Waals surface area contributed by atoms with Crippen molar-refractivity contribution in [3.05, 3.63) is 88.5 Å². The number of carboxylic acids is 1. The molecule has 3 aromatic rings. The molecule has 0 saturated heterocycles. The Morgan fingerprint density at radius 2 is 1.74 bits per heavy atom. The summed E-state index contributed by atoms with van der Waals surface area (Å²) in [5.74, 6) is -1.51. The van der Waals surface area contributed by atoms with Crippen LogP contribution in [0.3, 0.4) is 0 Å². The van der Waals surface area contributed by atoms with Gasteiger partial charge < -0.3 is 10.2 Å². The summed E-state index contributed by atoms with van der Waals surface area (Å²) in [6.45, 7) is 5.77. The fourth-order valence-electron chi connectivity index (χ4n) is 3.91. The molecule has 8 nitrogen and oxygen atoms in total. The molecule has 0 bridgehead atoms. The zero-order valence-corrected chi connectivity index (χ0v) is 19.7. The second-order valence-electron chi connectivity index (χ2n) is 8.47. The van der Waals surface area contributed by atoms with Gasteiger partial charge in [-0.15, -0.1) is 0 Å². The maximum Gasteiger partial charge on any atom is 0.335 e. The number of carbonyl (C=O) groups is 2. The number of phenolic OH excluding ortho intramolecular Hbond substituents is 1. The number of aromatic carboxylic acids is 1. The van der Waals surface area contributed by atoms with Gasteiger partial charge in [0.15, 0.2) is 5.71 Å². The van der Waals surface area contributed by atoms with Gasteiger partial charge in [-0.2, -0.15) is 15.2 Å². The van der Waals surface area contributed by atoms with Crippen LogP contribution in [0.25, 0.3) is 0 Å². The molecule has 4 rings (SSSR count). The van der Waals surface area contributed by atoms with Crippen LogP contribution in [0.4, 0.5) is 11.4 Å². The van der Waals surface area contributed by atoms with Crippen molar-refractivity contribution >= 4 is 34.7 Å². The average molecular weight is 471 g/mol. The van der Waals surface area contributed by atoms with Gasteiger partial charge in [-0.05, 0) is 74.6 Å². The van der Waals surface area contributed by atoms with Crippen molar-refractivity contribution in [2.75, 3.05) is 10.4 Å². The van der Waals surface area contributed by atoms with Crippen LogP contribution < -0.4 is 10.4 Å². The molecule has 1 aliphatic rings. The molecule has 1 heterocycles. The van der Waals surface area contributed by atoms with E-state index in [4.69, 9.17) is 0 Å². The van der Waals surface area contributed by atoms with E-state index in [9.17, 15) is 19.8 Å². The van der Waals surface area contributed by atoms with Gasteiger partial charge in [0.05, 0.1) is 22.6 Å². The van der Waals surface area contributed by atoms with Gasteiger partial charge in [-0.3, -0.25) is 10.2 Å². The summed E-state index contributed by atoms with van der Waals surface area (Å²) >= 11 is 0. The van der Waals surface area contributed by atoms with Crippen LogP contribution >= 0.6 is 0 Å². The number of aryl methyl sites for hydroxylation is 4. The van der Waals surface area contributed by atoms with E-state index < -0.39 is 11.9 Å². The van der Waals surface area contributed by atoms with E-state index >= 15 is 0 Å². The molecule has 1 amide bonds. The van der Waals surface area contributed by atoms with Gasteiger partial charge in [0.2, 0.25) is 0 Å². The minimum Gasteiger partial charge on any atom is -0.505 e. The lowest BCUT2D eigenvalue weighted by molar-refractivity contribution is -0.112. The summed E-state index contributed by atoms with van der Waals surface area (Å²) in [6.07, 6.45) is 1.43. The maximum absolute atomic E-state index is 12.9. The first-order chi connectivity index (χ1) is 16.7. The Kier molecular flexibility index (Phi) is 6.64. The summed E-state index contributed by atoms with van der Waals surface area (Å²) in [6, 6.07) is 17.7. The number of benzene rings is 3. The van der Waals surface area contributed by atoms with Gasteiger partial charge in [0, 0.05) is 0 Å². The highest BCUT2D eigenvalue weighted by atomic mass is 16.4. The molecule has 1 aliphatic heterocycles. The highest BCUT2D eigenvalue weighted by molar-refractivity contribution is 6.71. The number of aromatic hydroxyl groups is 1. The van der Waals surface area contributed by atoms with E-state index in [0.29, 0.717) is 23.5 Å². The second kappa shape index (κ2) is 9.80. The number of amides is 1. The Bertz CT molecular complexity index is 1380. The fraction of sp³-hybridized carbons (Fsp3) is 0.185. The third-order valence-electron chi connectivity index (χ3n) is 5.90. The number of hydrogen-bond acceptors (Lipinski definition) is 6. The van der Waals surface area contributed by atoms with Crippen LogP contribution in [0, 0.1) is 13.8 Å². The van der Waals surface area contributed by atoms with Gasteiger partial charge >= 0.3 is 11.9 Å². The largest absolute Gasteiger partial charge is 0.505 e. The predicted molar refractivity (Wildman–Crippen MR) is 136 cm³/mol. The summed E-state index contributed by atoms with van der Waals surface area (Å²) in [7, 11) is 0. The lowest BCUT2D eigenvalue weighted by atomic mass is 9.98. The van der Waals surface area contributed by atoms with E-state index in [1.54, 1.807) is 25.1 Å². The first kappa shape index (κ1) is 23.7. The molecule has 8 heteroatoms. The van der Waals surface area contributed by atoms with Crippen LogP contribution in [0.2, 0.25) is 0 Å². The number of hydrazone groups is 2. The molecule has 0 fully saturated rings. The smallest absolute Gasteiger partial charge is 0.335 e. The minimum absolute atomic E-state index is 0.0502. The van der Waals surface area contributed by atoms with Crippen molar-refractivity contribution in [1.29, 1.82) is 0 Å². The lowest BCUT2D eigenvalue weighted by Gasteiger charge is -2.12. The first-order valence-corrected chi connectivity index (χ1v) is 11.2. The molecule has 0 unspecified atom stereocenters. The van der Waals surface area contributed by atoms with E-state index in [0.717, 1.165) is 17.0 Å². The van der Waals surface area contributed by atoms with E-state index in [2.05, 4.69) is 47.7 Å².